The molecule has 0 atom stereocenters. The number of aromatic nitrogens is 2. The quantitative estimate of drug-likeness (QED) is 0.701. The highest BCUT2D eigenvalue weighted by Gasteiger charge is 2.21. The van der Waals surface area contributed by atoms with Crippen molar-refractivity contribution in [3.05, 3.63) is 82.4 Å². The molecule has 29 heavy (non-hydrogen) atoms. The van der Waals surface area contributed by atoms with Gasteiger partial charge >= 0.3 is 0 Å². The summed E-state index contributed by atoms with van der Waals surface area (Å²) in [4.78, 5) is 29.7. The van der Waals surface area contributed by atoms with Gasteiger partial charge in [0.1, 0.15) is 11.5 Å². The Bertz CT molecular complexity index is 1080. The van der Waals surface area contributed by atoms with Crippen molar-refractivity contribution in [2.75, 3.05) is 5.32 Å². The third-order valence-corrected chi connectivity index (χ3v) is 5.40. The number of fused-ring (bicyclic) bond motifs is 1. The van der Waals surface area contributed by atoms with E-state index in [0.717, 1.165) is 41.9 Å². The standard InChI is InChI=1S/C23H24N4O2/c1-15-6-3-4-7-18(15)13-25-22(28)17-10-9-16(2)19(12-17)26-23(29)20-14-24-21-8-5-11-27(20)21/h3-4,6-7,9-10,12,14H,5,8,11,13H2,1-2H3,(H,25,28)(H,26,29). The van der Waals surface area contributed by atoms with Crippen LogP contribution in [0.5, 0.6) is 0 Å². The lowest BCUT2D eigenvalue weighted by molar-refractivity contribution is 0.0949. The molecule has 148 valence electrons. The maximum atomic E-state index is 12.7. The fourth-order valence-electron chi connectivity index (χ4n) is 3.61. The molecule has 0 unspecified atom stereocenters. The summed E-state index contributed by atoms with van der Waals surface area (Å²) in [6.45, 7) is 5.21. The van der Waals surface area contributed by atoms with Gasteiger partial charge in [-0.2, -0.15) is 0 Å². The van der Waals surface area contributed by atoms with Crippen LogP contribution in [0.2, 0.25) is 0 Å². The van der Waals surface area contributed by atoms with Crippen molar-refractivity contribution in [2.45, 2.75) is 39.8 Å². The summed E-state index contributed by atoms with van der Waals surface area (Å²) >= 11 is 0. The van der Waals surface area contributed by atoms with Crippen molar-refractivity contribution in [1.82, 2.24) is 14.9 Å². The van der Waals surface area contributed by atoms with Gasteiger partial charge in [-0.25, -0.2) is 4.98 Å². The molecule has 2 N–H and O–H groups in total. The fourth-order valence-corrected chi connectivity index (χ4v) is 3.61. The Hall–Kier alpha value is -3.41. The Morgan fingerprint density at radius 1 is 1.07 bits per heavy atom. The molecule has 2 heterocycles. The summed E-state index contributed by atoms with van der Waals surface area (Å²) in [7, 11) is 0. The first-order valence-electron chi connectivity index (χ1n) is 9.82. The van der Waals surface area contributed by atoms with E-state index in [1.54, 1.807) is 18.3 Å². The first kappa shape index (κ1) is 18.9. The lowest BCUT2D eigenvalue weighted by atomic mass is 10.1. The number of carbonyl (C=O) groups excluding carboxylic acids is 2. The van der Waals surface area contributed by atoms with E-state index in [0.29, 0.717) is 23.5 Å². The summed E-state index contributed by atoms with van der Waals surface area (Å²) in [5, 5.41) is 5.89. The number of amides is 2. The number of carbonyl (C=O) groups is 2. The number of rotatable bonds is 5. The average molecular weight is 388 g/mol. The van der Waals surface area contributed by atoms with Gasteiger partial charge in [0.2, 0.25) is 0 Å². The second-order valence-electron chi connectivity index (χ2n) is 7.41. The molecule has 0 bridgehead atoms. The maximum absolute atomic E-state index is 12.7. The predicted octanol–water partition coefficient (Wildman–Crippen LogP) is 3.63. The number of benzene rings is 2. The van der Waals surface area contributed by atoms with Gasteiger partial charge in [-0.05, 0) is 49.1 Å². The zero-order chi connectivity index (χ0) is 20.4. The molecule has 0 radical (unpaired) electrons. The zero-order valence-electron chi connectivity index (χ0n) is 16.7. The number of nitrogens with one attached hydrogen (secondary N) is 2. The Kier molecular flexibility index (Phi) is 5.16. The SMILES string of the molecule is Cc1ccccc1CNC(=O)c1ccc(C)c(NC(=O)c2cnc3n2CCC3)c1. The van der Waals surface area contributed by atoms with Gasteiger partial charge in [0.25, 0.3) is 11.8 Å². The van der Waals surface area contributed by atoms with Crippen LogP contribution in [-0.4, -0.2) is 21.4 Å². The van der Waals surface area contributed by atoms with Gasteiger partial charge in [-0.3, -0.25) is 9.59 Å². The third kappa shape index (κ3) is 3.92. The Labute approximate surface area is 170 Å². The minimum atomic E-state index is -0.203. The van der Waals surface area contributed by atoms with Crippen LogP contribution < -0.4 is 10.6 Å². The molecular weight excluding hydrogens is 364 g/mol. The Balaban J connectivity index is 1.47. The molecule has 6 heteroatoms. The number of hydrogen-bond acceptors (Lipinski definition) is 3. The Morgan fingerprint density at radius 2 is 1.90 bits per heavy atom. The van der Waals surface area contributed by atoms with Gasteiger partial charge in [0, 0.05) is 30.8 Å². The summed E-state index contributed by atoms with van der Waals surface area (Å²) in [5.74, 6) is 0.580. The first-order valence-corrected chi connectivity index (χ1v) is 9.82. The molecule has 2 aromatic carbocycles. The second kappa shape index (κ2) is 7.91. The Morgan fingerprint density at radius 3 is 2.72 bits per heavy atom. The van der Waals surface area contributed by atoms with Gasteiger partial charge in [-0.15, -0.1) is 0 Å². The smallest absolute Gasteiger partial charge is 0.273 e. The second-order valence-corrected chi connectivity index (χ2v) is 7.41. The van der Waals surface area contributed by atoms with Crippen molar-refractivity contribution >= 4 is 17.5 Å². The van der Waals surface area contributed by atoms with Crippen LogP contribution >= 0.6 is 0 Å². The molecule has 0 aliphatic carbocycles. The maximum Gasteiger partial charge on any atom is 0.273 e. The van der Waals surface area contributed by atoms with E-state index in [-0.39, 0.29) is 11.8 Å². The molecule has 1 aromatic heterocycles. The minimum absolute atomic E-state index is 0.172. The number of imidazole rings is 1. The summed E-state index contributed by atoms with van der Waals surface area (Å²) in [5.41, 5.74) is 4.82. The highest BCUT2D eigenvalue weighted by Crippen LogP contribution is 2.21. The highest BCUT2D eigenvalue weighted by atomic mass is 16.2. The highest BCUT2D eigenvalue weighted by molar-refractivity contribution is 6.04. The van der Waals surface area contributed by atoms with Crippen LogP contribution in [0.4, 0.5) is 5.69 Å². The third-order valence-electron chi connectivity index (χ3n) is 5.40. The normalized spacial score (nSPS) is 12.5. The van der Waals surface area contributed by atoms with Crippen LogP contribution in [0.3, 0.4) is 0 Å². The van der Waals surface area contributed by atoms with Crippen LogP contribution in [0.1, 0.15) is 49.8 Å². The molecular formula is C23H24N4O2. The van der Waals surface area contributed by atoms with Gasteiger partial charge < -0.3 is 15.2 Å². The van der Waals surface area contributed by atoms with Gasteiger partial charge in [0.05, 0.1) is 6.20 Å². The molecule has 3 aromatic rings. The lowest BCUT2D eigenvalue weighted by Gasteiger charge is -2.12. The van der Waals surface area contributed by atoms with E-state index in [1.807, 2.05) is 48.7 Å². The van der Waals surface area contributed by atoms with Crippen molar-refractivity contribution in [2.24, 2.45) is 0 Å². The molecule has 0 saturated heterocycles. The van der Waals surface area contributed by atoms with E-state index in [4.69, 9.17) is 0 Å². The molecule has 1 aliphatic rings. The molecule has 1 aliphatic heterocycles. The van der Waals surface area contributed by atoms with Gasteiger partial charge in [-0.1, -0.05) is 30.3 Å². The van der Waals surface area contributed by atoms with Crippen molar-refractivity contribution in [3.8, 4) is 0 Å². The molecule has 0 saturated carbocycles. The molecule has 2 amide bonds. The van der Waals surface area contributed by atoms with E-state index in [1.165, 1.54) is 0 Å². The van der Waals surface area contributed by atoms with Crippen molar-refractivity contribution in [3.63, 3.8) is 0 Å². The molecule has 6 nitrogen and oxygen atoms in total. The number of nitrogens with zero attached hydrogens (tertiary/aromatic N) is 2. The number of hydrogen-bond donors (Lipinski definition) is 2. The number of anilines is 1. The van der Waals surface area contributed by atoms with Crippen LogP contribution in [0.25, 0.3) is 0 Å². The molecule has 0 spiro atoms. The van der Waals surface area contributed by atoms with E-state index in [9.17, 15) is 9.59 Å². The summed E-state index contributed by atoms with van der Waals surface area (Å²) < 4.78 is 1.96. The van der Waals surface area contributed by atoms with Crippen LogP contribution in [0, 0.1) is 13.8 Å². The average Bonchev–Trinajstić information content (AvgIpc) is 3.32. The lowest BCUT2D eigenvalue weighted by Crippen LogP contribution is -2.23. The first-order chi connectivity index (χ1) is 14.0. The topological polar surface area (TPSA) is 76.0 Å². The predicted molar refractivity (Wildman–Crippen MR) is 112 cm³/mol. The largest absolute Gasteiger partial charge is 0.348 e. The van der Waals surface area contributed by atoms with Crippen LogP contribution in [0.15, 0.2) is 48.7 Å². The number of aryl methyl sites for hydroxylation is 3. The van der Waals surface area contributed by atoms with Crippen molar-refractivity contribution in [1.29, 1.82) is 0 Å². The fraction of sp³-hybridized carbons (Fsp3) is 0.261. The van der Waals surface area contributed by atoms with Crippen LogP contribution in [-0.2, 0) is 19.5 Å². The van der Waals surface area contributed by atoms with E-state index in [2.05, 4.69) is 15.6 Å². The summed E-state index contributed by atoms with van der Waals surface area (Å²) in [6, 6.07) is 13.3. The minimum Gasteiger partial charge on any atom is -0.348 e. The van der Waals surface area contributed by atoms with E-state index < -0.39 is 0 Å². The van der Waals surface area contributed by atoms with Gasteiger partial charge in [0.15, 0.2) is 0 Å². The summed E-state index contributed by atoms with van der Waals surface area (Å²) in [6.07, 6.45) is 3.54. The molecule has 0 fully saturated rings. The monoisotopic (exact) mass is 388 g/mol. The zero-order valence-corrected chi connectivity index (χ0v) is 16.7. The molecule has 4 rings (SSSR count). The van der Waals surface area contributed by atoms with E-state index >= 15 is 0 Å². The van der Waals surface area contributed by atoms with Crippen molar-refractivity contribution < 1.29 is 9.59 Å².